The van der Waals surface area contributed by atoms with Crippen LogP contribution in [0.5, 0.6) is 5.75 Å². The predicted molar refractivity (Wildman–Crippen MR) is 102 cm³/mol. The summed E-state index contributed by atoms with van der Waals surface area (Å²) in [6, 6.07) is 20.5. The summed E-state index contributed by atoms with van der Waals surface area (Å²) in [5.74, 6) is 0.865. The molecule has 1 aromatic heterocycles. The third-order valence-electron chi connectivity index (χ3n) is 3.91. The van der Waals surface area contributed by atoms with Gasteiger partial charge in [-0.15, -0.1) is 0 Å². The standard InChI is InChI=1S/C19H13Cl2OS/c1-22-14-4-6-15(7-5-14)23-18-8-2-12(20)10-16(18)17-11-13(21)3-9-19(17)23/h2-11H,1H3/q+1. The molecule has 4 aromatic rings. The zero-order valence-electron chi connectivity index (χ0n) is 12.3. The van der Waals surface area contributed by atoms with Crippen molar-refractivity contribution in [1.29, 1.82) is 0 Å². The average molecular weight is 360 g/mol. The van der Waals surface area contributed by atoms with Crippen LogP contribution in [0.4, 0.5) is 0 Å². The number of hydrogen-bond donors (Lipinski definition) is 0. The van der Waals surface area contributed by atoms with Crippen molar-refractivity contribution in [2.45, 2.75) is 0 Å². The molecular formula is C19H13Cl2OS+. The molecule has 0 bridgehead atoms. The molecule has 0 aliphatic heterocycles. The predicted octanol–water partition coefficient (Wildman–Crippen LogP) is 7.05. The van der Waals surface area contributed by atoms with Crippen molar-refractivity contribution < 1.29 is 4.74 Å². The highest BCUT2D eigenvalue weighted by Gasteiger charge is 2.24. The van der Waals surface area contributed by atoms with Crippen molar-refractivity contribution in [2.75, 3.05) is 7.11 Å². The second-order valence-corrected chi connectivity index (χ2v) is 8.10. The Hall–Kier alpha value is -1.74. The Bertz CT molecular complexity index is 960. The van der Waals surface area contributed by atoms with E-state index >= 15 is 0 Å². The van der Waals surface area contributed by atoms with Crippen molar-refractivity contribution in [3.63, 3.8) is 0 Å². The van der Waals surface area contributed by atoms with Crippen LogP contribution in [0.1, 0.15) is 0 Å². The molecule has 1 heterocycles. The van der Waals surface area contributed by atoms with Crippen LogP contribution in [-0.4, -0.2) is 7.11 Å². The second kappa shape index (κ2) is 5.72. The van der Waals surface area contributed by atoms with Crippen LogP contribution >= 0.6 is 33.7 Å². The van der Waals surface area contributed by atoms with Gasteiger partial charge in [0, 0.05) is 55.6 Å². The van der Waals surface area contributed by atoms with Crippen LogP contribution in [0.2, 0.25) is 10.0 Å². The van der Waals surface area contributed by atoms with Crippen molar-refractivity contribution in [2.24, 2.45) is 0 Å². The van der Waals surface area contributed by atoms with Gasteiger partial charge in [0.1, 0.15) is 5.75 Å². The van der Waals surface area contributed by atoms with E-state index in [9.17, 15) is 0 Å². The maximum absolute atomic E-state index is 6.22. The van der Waals surface area contributed by atoms with E-state index in [0.29, 0.717) is 0 Å². The number of hydrogen-bond acceptors (Lipinski definition) is 1. The maximum Gasteiger partial charge on any atom is 0.187 e. The van der Waals surface area contributed by atoms with E-state index in [1.807, 2.05) is 36.4 Å². The van der Waals surface area contributed by atoms with Gasteiger partial charge in [-0.1, -0.05) is 23.2 Å². The minimum atomic E-state index is -0.140. The van der Waals surface area contributed by atoms with Gasteiger partial charge in [-0.25, -0.2) is 0 Å². The molecule has 0 N–H and O–H groups in total. The lowest BCUT2D eigenvalue weighted by molar-refractivity contribution is 0.415. The number of ether oxygens (including phenoxy) is 1. The smallest absolute Gasteiger partial charge is 0.187 e. The summed E-state index contributed by atoms with van der Waals surface area (Å²) in [5, 5.41) is 3.84. The summed E-state index contributed by atoms with van der Waals surface area (Å²) in [4.78, 5) is 1.26. The Balaban J connectivity index is 2.10. The van der Waals surface area contributed by atoms with Crippen LogP contribution in [0, 0.1) is 0 Å². The third kappa shape index (κ3) is 2.47. The lowest BCUT2D eigenvalue weighted by Gasteiger charge is -1.98. The maximum atomic E-state index is 6.22. The number of fused-ring (bicyclic) bond motifs is 3. The molecule has 114 valence electrons. The van der Waals surface area contributed by atoms with Gasteiger partial charge in [-0.2, -0.15) is 0 Å². The first kappa shape index (κ1) is 14.8. The first-order chi connectivity index (χ1) is 11.2. The number of methoxy groups -OCH3 is 1. The number of rotatable bonds is 2. The zero-order chi connectivity index (χ0) is 16.0. The molecule has 4 rings (SSSR count). The zero-order valence-corrected chi connectivity index (χ0v) is 14.7. The monoisotopic (exact) mass is 359 g/mol. The van der Waals surface area contributed by atoms with Crippen LogP contribution in [0.15, 0.2) is 60.7 Å². The first-order valence-corrected chi connectivity index (χ1v) is 9.13. The molecule has 0 unspecified atom stereocenters. The van der Waals surface area contributed by atoms with Crippen molar-refractivity contribution in [1.82, 2.24) is 0 Å². The SMILES string of the molecule is COc1ccc(-[s+]2c3ccc(Cl)cc3c3cc(Cl)ccc32)cc1. The van der Waals surface area contributed by atoms with Crippen LogP contribution in [0.3, 0.4) is 0 Å². The van der Waals surface area contributed by atoms with E-state index in [0.717, 1.165) is 15.8 Å². The lowest BCUT2D eigenvalue weighted by Crippen LogP contribution is -1.80. The van der Waals surface area contributed by atoms with E-state index in [-0.39, 0.29) is 10.5 Å². The van der Waals surface area contributed by atoms with E-state index < -0.39 is 0 Å². The number of halogens is 2. The van der Waals surface area contributed by atoms with Gasteiger partial charge >= 0.3 is 0 Å². The van der Waals surface area contributed by atoms with Crippen LogP contribution < -0.4 is 4.74 Å². The molecule has 4 heteroatoms. The van der Waals surface area contributed by atoms with Crippen LogP contribution in [-0.2, 0) is 0 Å². The topological polar surface area (TPSA) is 9.23 Å². The van der Waals surface area contributed by atoms with Crippen molar-refractivity contribution in [3.05, 3.63) is 70.7 Å². The highest BCUT2D eigenvalue weighted by atomic mass is 35.5. The second-order valence-electron chi connectivity index (χ2n) is 5.26. The molecule has 1 nitrogen and oxygen atoms in total. The molecule has 0 radical (unpaired) electrons. The first-order valence-electron chi connectivity index (χ1n) is 7.15. The summed E-state index contributed by atoms with van der Waals surface area (Å²) < 4.78 is 7.85. The van der Waals surface area contributed by atoms with Crippen LogP contribution in [0.25, 0.3) is 25.1 Å². The molecule has 0 saturated heterocycles. The van der Waals surface area contributed by atoms with Crippen molar-refractivity contribution in [3.8, 4) is 10.6 Å². The fraction of sp³-hybridized carbons (Fsp3) is 0.0526. The normalized spacial score (nSPS) is 11.3. The molecule has 0 aliphatic carbocycles. The Morgan fingerprint density at radius 1 is 0.739 bits per heavy atom. The average Bonchev–Trinajstić information content (AvgIpc) is 2.88. The fourth-order valence-electron chi connectivity index (χ4n) is 2.87. The third-order valence-corrected chi connectivity index (χ3v) is 6.71. The Labute approximate surface area is 147 Å². The molecule has 0 atom stereocenters. The van der Waals surface area contributed by atoms with Gasteiger partial charge < -0.3 is 4.74 Å². The Kier molecular flexibility index (Phi) is 3.68. The largest absolute Gasteiger partial charge is 0.497 e. The summed E-state index contributed by atoms with van der Waals surface area (Å²) in [6.45, 7) is 0. The lowest BCUT2D eigenvalue weighted by atomic mass is 10.1. The summed E-state index contributed by atoms with van der Waals surface area (Å²) in [7, 11) is 1.54. The summed E-state index contributed by atoms with van der Waals surface area (Å²) in [6.07, 6.45) is 0. The van der Waals surface area contributed by atoms with Gasteiger partial charge in [-0.3, -0.25) is 0 Å². The molecule has 0 aliphatic rings. The molecule has 23 heavy (non-hydrogen) atoms. The van der Waals surface area contributed by atoms with E-state index in [1.165, 1.54) is 25.1 Å². The molecule has 0 spiro atoms. The summed E-state index contributed by atoms with van der Waals surface area (Å²) >= 11 is 12.4. The van der Waals surface area contributed by atoms with Gasteiger partial charge in [-0.05, 0) is 36.4 Å². The van der Waals surface area contributed by atoms with Gasteiger partial charge in [0.15, 0.2) is 14.3 Å². The molecule has 0 saturated carbocycles. The highest BCUT2D eigenvalue weighted by molar-refractivity contribution is 7.50. The van der Waals surface area contributed by atoms with Gasteiger partial charge in [0.05, 0.1) is 7.11 Å². The van der Waals surface area contributed by atoms with E-state index in [1.54, 1.807) is 7.11 Å². The molecule has 0 fully saturated rings. The summed E-state index contributed by atoms with van der Waals surface area (Å²) in [5.41, 5.74) is 0. The van der Waals surface area contributed by atoms with Gasteiger partial charge in [0.25, 0.3) is 0 Å². The van der Waals surface area contributed by atoms with Gasteiger partial charge in [0.2, 0.25) is 0 Å². The van der Waals surface area contributed by atoms with E-state index in [4.69, 9.17) is 27.9 Å². The quantitative estimate of drug-likeness (QED) is 0.348. The number of benzene rings is 3. The minimum Gasteiger partial charge on any atom is -0.497 e. The molecular weight excluding hydrogens is 347 g/mol. The Morgan fingerprint density at radius 3 is 1.74 bits per heavy atom. The minimum absolute atomic E-state index is 0.140. The molecule has 3 aromatic carbocycles. The van der Waals surface area contributed by atoms with Crippen molar-refractivity contribution >= 4 is 53.8 Å². The Morgan fingerprint density at radius 2 is 1.26 bits per heavy atom. The fourth-order valence-corrected chi connectivity index (χ4v) is 5.55. The molecule has 0 amide bonds. The number of thiophene rings is 1. The van der Waals surface area contributed by atoms with E-state index in [2.05, 4.69) is 24.3 Å². The highest BCUT2D eigenvalue weighted by Crippen LogP contribution is 2.49.